The number of benzene rings is 1. The van der Waals surface area contributed by atoms with Gasteiger partial charge in [0, 0.05) is 11.5 Å². The summed E-state index contributed by atoms with van der Waals surface area (Å²) in [6, 6.07) is 3.26. The Morgan fingerprint density at radius 1 is 1.16 bits per heavy atom. The van der Waals surface area contributed by atoms with E-state index < -0.39 is 24.1 Å². The zero-order chi connectivity index (χ0) is 17.9. The van der Waals surface area contributed by atoms with Gasteiger partial charge in [0.2, 0.25) is 0 Å². The number of methoxy groups -OCH3 is 2. The van der Waals surface area contributed by atoms with Crippen molar-refractivity contribution in [1.29, 1.82) is 0 Å². The molecule has 1 amide bonds. The second kappa shape index (κ2) is 5.59. The quantitative estimate of drug-likeness (QED) is 0.834. The van der Waals surface area contributed by atoms with Gasteiger partial charge in [0.05, 0.1) is 26.4 Å². The van der Waals surface area contributed by atoms with E-state index in [0.717, 1.165) is 5.56 Å². The van der Waals surface area contributed by atoms with E-state index in [1.54, 1.807) is 13.2 Å². The summed E-state index contributed by atoms with van der Waals surface area (Å²) < 4.78 is 22.5. The molecule has 2 N–H and O–H groups in total. The van der Waals surface area contributed by atoms with Crippen molar-refractivity contribution in [2.24, 2.45) is 0 Å². The third-order valence-electron chi connectivity index (χ3n) is 5.32. The lowest BCUT2D eigenvalue weighted by molar-refractivity contribution is -0.153. The Labute approximate surface area is 146 Å². The molecule has 0 radical (unpaired) electrons. The molecule has 5 atom stereocenters. The van der Waals surface area contributed by atoms with Crippen LogP contribution in [0.25, 0.3) is 0 Å². The fourth-order valence-corrected chi connectivity index (χ4v) is 4.29. The Morgan fingerprint density at radius 3 is 2.48 bits per heavy atom. The van der Waals surface area contributed by atoms with Crippen molar-refractivity contribution in [3.8, 4) is 11.5 Å². The maximum atomic E-state index is 12.7. The predicted octanol–water partition coefficient (Wildman–Crippen LogP) is 1.18. The van der Waals surface area contributed by atoms with Crippen LogP contribution in [0.15, 0.2) is 12.1 Å². The van der Waals surface area contributed by atoms with Crippen LogP contribution in [0, 0.1) is 0 Å². The van der Waals surface area contributed by atoms with E-state index in [0.29, 0.717) is 23.5 Å². The number of nitrogens with one attached hydrogen (secondary N) is 1. The molecular formula is C18H23NO6. The lowest BCUT2D eigenvalue weighted by Crippen LogP contribution is -2.60. The van der Waals surface area contributed by atoms with E-state index in [1.165, 1.54) is 7.11 Å². The molecule has 4 rings (SSSR count). The van der Waals surface area contributed by atoms with Crippen molar-refractivity contribution in [2.75, 3.05) is 14.2 Å². The van der Waals surface area contributed by atoms with Gasteiger partial charge >= 0.3 is 0 Å². The third kappa shape index (κ3) is 2.49. The zero-order valence-electron chi connectivity index (χ0n) is 14.7. The number of carbonyl (C=O) groups excluding carboxylic acids is 1. The van der Waals surface area contributed by atoms with Gasteiger partial charge in [0.25, 0.3) is 5.91 Å². The van der Waals surface area contributed by atoms with Gasteiger partial charge in [-0.25, -0.2) is 0 Å². The van der Waals surface area contributed by atoms with Crippen LogP contribution < -0.4 is 14.8 Å². The van der Waals surface area contributed by atoms with Gasteiger partial charge in [-0.15, -0.1) is 0 Å². The number of carbonyl (C=O) groups is 1. The normalized spacial score (nSPS) is 35.2. The van der Waals surface area contributed by atoms with Crippen LogP contribution in [0.1, 0.15) is 42.1 Å². The smallest absolute Gasteiger partial charge is 0.252 e. The molecule has 0 unspecified atom stereocenters. The van der Waals surface area contributed by atoms with E-state index in [-0.39, 0.29) is 17.9 Å². The van der Waals surface area contributed by atoms with Gasteiger partial charge in [-0.05, 0) is 38.0 Å². The first-order valence-corrected chi connectivity index (χ1v) is 8.45. The molecule has 0 bridgehead atoms. The topological polar surface area (TPSA) is 86.2 Å². The Morgan fingerprint density at radius 2 is 1.80 bits per heavy atom. The van der Waals surface area contributed by atoms with Crippen molar-refractivity contribution < 1.29 is 28.8 Å². The molecule has 1 aromatic carbocycles. The highest BCUT2D eigenvalue weighted by Crippen LogP contribution is 2.47. The van der Waals surface area contributed by atoms with Gasteiger partial charge in [-0.1, -0.05) is 0 Å². The highest BCUT2D eigenvalue weighted by atomic mass is 16.8. The van der Waals surface area contributed by atoms with Crippen LogP contribution in [0.2, 0.25) is 0 Å². The van der Waals surface area contributed by atoms with Gasteiger partial charge in [-0.2, -0.15) is 0 Å². The van der Waals surface area contributed by atoms with E-state index in [1.807, 2.05) is 19.9 Å². The van der Waals surface area contributed by atoms with Crippen molar-refractivity contribution in [3.63, 3.8) is 0 Å². The first kappa shape index (κ1) is 16.6. The monoisotopic (exact) mass is 349 g/mol. The number of rotatable bonds is 2. The minimum atomic E-state index is -0.784. The molecule has 1 saturated carbocycles. The number of aliphatic hydroxyl groups is 1. The van der Waals surface area contributed by atoms with E-state index >= 15 is 0 Å². The summed E-state index contributed by atoms with van der Waals surface area (Å²) in [4.78, 5) is 12.7. The van der Waals surface area contributed by atoms with Crippen molar-refractivity contribution in [2.45, 2.75) is 56.3 Å². The first-order chi connectivity index (χ1) is 11.8. The van der Waals surface area contributed by atoms with Gasteiger partial charge in [0.15, 0.2) is 17.3 Å². The molecule has 2 aliphatic heterocycles. The van der Waals surface area contributed by atoms with Gasteiger partial charge < -0.3 is 29.4 Å². The molecule has 1 aliphatic carbocycles. The lowest BCUT2D eigenvalue weighted by Gasteiger charge is -2.44. The molecule has 3 aliphatic rings. The summed E-state index contributed by atoms with van der Waals surface area (Å²) in [6.45, 7) is 3.64. The summed E-state index contributed by atoms with van der Waals surface area (Å²) in [5.41, 5.74) is 1.39. The number of fused-ring (bicyclic) bond motifs is 5. The molecule has 2 fully saturated rings. The number of aliphatic hydroxyl groups excluding tert-OH is 1. The fraction of sp³-hybridized carbons (Fsp3) is 0.611. The van der Waals surface area contributed by atoms with Crippen LogP contribution in [0.5, 0.6) is 11.5 Å². The molecule has 0 aromatic heterocycles. The zero-order valence-corrected chi connectivity index (χ0v) is 14.7. The Hall–Kier alpha value is -1.83. The molecule has 136 valence electrons. The van der Waals surface area contributed by atoms with Gasteiger partial charge in [-0.3, -0.25) is 4.79 Å². The van der Waals surface area contributed by atoms with Crippen LogP contribution in [-0.2, 0) is 9.47 Å². The van der Waals surface area contributed by atoms with Crippen molar-refractivity contribution >= 4 is 5.91 Å². The van der Waals surface area contributed by atoms with Crippen LogP contribution in [-0.4, -0.2) is 55.4 Å². The standard InChI is InChI=1S/C18H23NO6/c1-18(2)24-15-11(20)5-9-8-6-12(22-3)13(23-4)7-10(8)17(21)19-14(9)16(15)25-18/h6-7,9,11,14-16,20H,5H2,1-4H3,(H,19,21)/t9-,11+,14-,15+,16-/m1/s1. The van der Waals surface area contributed by atoms with Crippen LogP contribution in [0.4, 0.5) is 0 Å². The summed E-state index contributed by atoms with van der Waals surface area (Å²) >= 11 is 0. The minimum Gasteiger partial charge on any atom is -0.493 e. The van der Waals surface area contributed by atoms with Gasteiger partial charge in [0.1, 0.15) is 12.2 Å². The molecule has 1 saturated heterocycles. The molecule has 0 spiro atoms. The lowest BCUT2D eigenvalue weighted by atomic mass is 9.72. The number of hydrogen-bond acceptors (Lipinski definition) is 6. The number of ether oxygens (including phenoxy) is 4. The highest BCUT2D eigenvalue weighted by Gasteiger charge is 2.56. The van der Waals surface area contributed by atoms with E-state index in [4.69, 9.17) is 18.9 Å². The van der Waals surface area contributed by atoms with E-state index in [9.17, 15) is 9.90 Å². The highest BCUT2D eigenvalue weighted by molar-refractivity contribution is 5.98. The SMILES string of the molecule is COc1cc2c(cc1OC)[C@H]1C[C@H](O)[C@@H]3OC(C)(C)O[C@@H]3[C@@H]1NC2=O. The third-order valence-corrected chi connectivity index (χ3v) is 5.32. The summed E-state index contributed by atoms with van der Waals surface area (Å²) in [7, 11) is 3.10. The summed E-state index contributed by atoms with van der Waals surface area (Å²) in [5.74, 6) is 0.0242. The van der Waals surface area contributed by atoms with Crippen LogP contribution >= 0.6 is 0 Å². The van der Waals surface area contributed by atoms with Crippen molar-refractivity contribution in [3.05, 3.63) is 23.3 Å². The maximum Gasteiger partial charge on any atom is 0.252 e. The summed E-state index contributed by atoms with van der Waals surface area (Å²) in [5, 5.41) is 13.6. The fourth-order valence-electron chi connectivity index (χ4n) is 4.29. The Balaban J connectivity index is 1.78. The predicted molar refractivity (Wildman–Crippen MR) is 88.0 cm³/mol. The minimum absolute atomic E-state index is 0.0822. The molecule has 7 heteroatoms. The van der Waals surface area contributed by atoms with Crippen molar-refractivity contribution in [1.82, 2.24) is 5.32 Å². The Kier molecular flexibility index (Phi) is 3.72. The maximum absolute atomic E-state index is 12.7. The average molecular weight is 349 g/mol. The second-order valence-electron chi connectivity index (χ2n) is 7.27. The average Bonchev–Trinajstić information content (AvgIpc) is 2.91. The summed E-state index contributed by atoms with van der Waals surface area (Å²) in [6.07, 6.45) is -1.02. The first-order valence-electron chi connectivity index (χ1n) is 8.45. The molecule has 7 nitrogen and oxygen atoms in total. The molecular weight excluding hydrogens is 326 g/mol. The molecule has 2 heterocycles. The molecule has 25 heavy (non-hydrogen) atoms. The molecule has 1 aromatic rings. The number of amides is 1. The second-order valence-corrected chi connectivity index (χ2v) is 7.27. The van der Waals surface area contributed by atoms with E-state index in [2.05, 4.69) is 5.32 Å². The Bertz CT molecular complexity index is 718. The van der Waals surface area contributed by atoms with Crippen LogP contribution in [0.3, 0.4) is 0 Å². The largest absolute Gasteiger partial charge is 0.493 e. The number of hydrogen-bond donors (Lipinski definition) is 2.